The van der Waals surface area contributed by atoms with Crippen LogP contribution in [-0.2, 0) is 19.1 Å². The number of fused-ring (bicyclic) bond motifs is 3. The maximum atomic E-state index is 13.7. The number of anilines is 1. The molecule has 0 aliphatic carbocycles. The molecule has 172 valence electrons. The van der Waals surface area contributed by atoms with Crippen LogP contribution in [0.5, 0.6) is 0 Å². The molecule has 33 heavy (non-hydrogen) atoms. The number of hydrogen-bond acceptors (Lipinski definition) is 7. The van der Waals surface area contributed by atoms with Crippen molar-refractivity contribution in [1.82, 2.24) is 9.55 Å². The molecule has 0 spiro atoms. The number of hydrogen-bond donors (Lipinski definition) is 0. The van der Waals surface area contributed by atoms with Crippen molar-refractivity contribution >= 4 is 34.5 Å². The van der Waals surface area contributed by atoms with E-state index in [2.05, 4.69) is 4.98 Å². The van der Waals surface area contributed by atoms with Gasteiger partial charge in [0.15, 0.2) is 5.92 Å². The zero-order valence-electron chi connectivity index (χ0n) is 18.3. The van der Waals surface area contributed by atoms with Gasteiger partial charge >= 0.3 is 5.97 Å². The molecule has 0 N–H and O–H groups in total. The summed E-state index contributed by atoms with van der Waals surface area (Å²) < 4.78 is 12.2. The van der Waals surface area contributed by atoms with E-state index in [1.165, 1.54) is 17.0 Å². The zero-order chi connectivity index (χ0) is 23.5. The molecule has 0 radical (unpaired) electrons. The van der Waals surface area contributed by atoms with Crippen molar-refractivity contribution in [3.63, 3.8) is 0 Å². The van der Waals surface area contributed by atoms with Gasteiger partial charge in [-0.2, -0.15) is 0 Å². The number of aromatic nitrogens is 2. The number of nitro benzene ring substituents is 1. The van der Waals surface area contributed by atoms with E-state index in [1.54, 1.807) is 26.2 Å². The highest BCUT2D eigenvalue weighted by molar-refractivity contribution is 6.08. The van der Waals surface area contributed by atoms with Crippen molar-refractivity contribution in [2.75, 3.05) is 31.8 Å². The number of rotatable bonds is 8. The zero-order valence-corrected chi connectivity index (χ0v) is 18.3. The Morgan fingerprint density at radius 1 is 1.21 bits per heavy atom. The number of ether oxygens (including phenoxy) is 2. The fraction of sp³-hybridized carbons (Fsp3) is 0.348. The van der Waals surface area contributed by atoms with Gasteiger partial charge in [-0.1, -0.05) is 24.3 Å². The summed E-state index contributed by atoms with van der Waals surface area (Å²) in [6.45, 7) is 2.50. The molecule has 3 aromatic rings. The first kappa shape index (κ1) is 22.4. The maximum absolute atomic E-state index is 13.7. The number of carbonyl (C=O) groups excluding carboxylic acids is 2. The summed E-state index contributed by atoms with van der Waals surface area (Å²) in [6, 6.07) is 12.5. The molecule has 2 heterocycles. The quantitative estimate of drug-likeness (QED) is 0.169. The van der Waals surface area contributed by atoms with Crippen molar-refractivity contribution in [3.05, 3.63) is 64.2 Å². The summed E-state index contributed by atoms with van der Waals surface area (Å²) in [5.41, 5.74) is 1.69. The largest absolute Gasteiger partial charge is 0.465 e. The minimum atomic E-state index is -1.22. The van der Waals surface area contributed by atoms with Crippen LogP contribution in [0.25, 0.3) is 11.0 Å². The van der Waals surface area contributed by atoms with Crippen LogP contribution in [0, 0.1) is 16.0 Å². The van der Waals surface area contributed by atoms with Crippen LogP contribution in [0.4, 0.5) is 11.6 Å². The lowest BCUT2D eigenvalue weighted by Crippen LogP contribution is -2.50. The number of non-ortho nitro benzene ring substituents is 1. The summed E-state index contributed by atoms with van der Waals surface area (Å²) in [6.07, 6.45) is 0.544. The van der Waals surface area contributed by atoms with E-state index in [4.69, 9.17) is 9.47 Å². The molecule has 1 aromatic heterocycles. The Morgan fingerprint density at radius 2 is 2.00 bits per heavy atom. The minimum absolute atomic E-state index is 0.103. The highest BCUT2D eigenvalue weighted by Gasteiger charge is 2.47. The predicted molar refractivity (Wildman–Crippen MR) is 120 cm³/mol. The number of carbonyl (C=O) groups is 2. The standard InChI is InChI=1S/C23H24N4O6/c1-3-33-22(29)19-20(15-8-6-9-16(14-15)27(30)31)26-18-11-5-4-10-17(18)24-23(26)25(21(19)28)12-7-13-32-2/h4-6,8-11,14,19-20H,3,7,12-13H2,1-2H3/t19-,20+/m1/s1. The Morgan fingerprint density at radius 3 is 2.73 bits per heavy atom. The van der Waals surface area contributed by atoms with E-state index in [9.17, 15) is 19.7 Å². The number of nitrogens with zero attached hydrogens (tertiary/aromatic N) is 4. The second-order valence-corrected chi connectivity index (χ2v) is 7.63. The molecule has 0 unspecified atom stereocenters. The molecular formula is C23H24N4O6. The van der Waals surface area contributed by atoms with Gasteiger partial charge in [0.2, 0.25) is 11.9 Å². The highest BCUT2D eigenvalue weighted by atomic mass is 16.6. The summed E-state index contributed by atoms with van der Waals surface area (Å²) >= 11 is 0. The number of esters is 1. The van der Waals surface area contributed by atoms with Gasteiger partial charge in [-0.3, -0.25) is 24.6 Å². The molecule has 10 heteroatoms. The van der Waals surface area contributed by atoms with Crippen LogP contribution in [0.2, 0.25) is 0 Å². The normalized spacial score (nSPS) is 17.8. The molecule has 0 saturated heterocycles. The predicted octanol–water partition coefficient (Wildman–Crippen LogP) is 3.10. The maximum Gasteiger partial charge on any atom is 0.321 e. The molecule has 1 amide bonds. The second-order valence-electron chi connectivity index (χ2n) is 7.63. The van der Waals surface area contributed by atoms with Crippen molar-refractivity contribution in [3.8, 4) is 0 Å². The van der Waals surface area contributed by atoms with E-state index in [0.29, 0.717) is 42.1 Å². The fourth-order valence-electron chi connectivity index (χ4n) is 4.25. The lowest BCUT2D eigenvalue weighted by Gasteiger charge is -2.37. The van der Waals surface area contributed by atoms with Crippen molar-refractivity contribution in [2.45, 2.75) is 19.4 Å². The number of nitro groups is 1. The van der Waals surface area contributed by atoms with Crippen molar-refractivity contribution in [2.24, 2.45) is 5.92 Å². The molecule has 0 bridgehead atoms. The van der Waals surface area contributed by atoms with Crippen LogP contribution >= 0.6 is 0 Å². The molecule has 4 rings (SSSR count). The first-order chi connectivity index (χ1) is 16.0. The third kappa shape index (κ3) is 4.05. The van der Waals surface area contributed by atoms with Gasteiger partial charge in [-0.05, 0) is 31.0 Å². The monoisotopic (exact) mass is 452 g/mol. The lowest BCUT2D eigenvalue weighted by molar-refractivity contribution is -0.384. The number of imidazole rings is 1. The minimum Gasteiger partial charge on any atom is -0.465 e. The van der Waals surface area contributed by atoms with E-state index >= 15 is 0 Å². The highest BCUT2D eigenvalue weighted by Crippen LogP contribution is 2.41. The summed E-state index contributed by atoms with van der Waals surface area (Å²) in [5.74, 6) is -1.97. The van der Waals surface area contributed by atoms with Crippen LogP contribution < -0.4 is 4.90 Å². The molecule has 0 saturated carbocycles. The van der Waals surface area contributed by atoms with Gasteiger partial charge in [-0.25, -0.2) is 4.98 Å². The number of methoxy groups -OCH3 is 1. The van der Waals surface area contributed by atoms with Crippen LogP contribution in [0.15, 0.2) is 48.5 Å². The van der Waals surface area contributed by atoms with Crippen LogP contribution in [-0.4, -0.2) is 53.2 Å². The van der Waals surface area contributed by atoms with Gasteiger partial charge in [-0.15, -0.1) is 0 Å². The first-order valence-electron chi connectivity index (χ1n) is 10.7. The first-order valence-corrected chi connectivity index (χ1v) is 10.7. The molecule has 1 aliphatic rings. The topological polar surface area (TPSA) is 117 Å². The van der Waals surface area contributed by atoms with E-state index < -0.39 is 28.8 Å². The third-order valence-corrected chi connectivity index (χ3v) is 5.64. The number of benzene rings is 2. The average Bonchev–Trinajstić information content (AvgIpc) is 3.19. The smallest absolute Gasteiger partial charge is 0.321 e. The molecule has 1 aliphatic heterocycles. The van der Waals surface area contributed by atoms with Crippen LogP contribution in [0.1, 0.15) is 24.9 Å². The fourth-order valence-corrected chi connectivity index (χ4v) is 4.25. The molecule has 0 fully saturated rings. The summed E-state index contributed by atoms with van der Waals surface area (Å²) in [7, 11) is 1.58. The van der Waals surface area contributed by atoms with Gasteiger partial charge in [0.05, 0.1) is 28.6 Å². The molecular weight excluding hydrogens is 428 g/mol. The second kappa shape index (κ2) is 9.37. The van der Waals surface area contributed by atoms with E-state index in [-0.39, 0.29) is 12.3 Å². The number of para-hydroxylation sites is 2. The van der Waals surface area contributed by atoms with Crippen molar-refractivity contribution < 1.29 is 24.0 Å². The van der Waals surface area contributed by atoms with Crippen LogP contribution in [0.3, 0.4) is 0 Å². The molecule has 2 aromatic carbocycles. The summed E-state index contributed by atoms with van der Waals surface area (Å²) in [4.78, 5) is 43.9. The van der Waals surface area contributed by atoms with Gasteiger partial charge in [0.1, 0.15) is 0 Å². The van der Waals surface area contributed by atoms with E-state index in [1.807, 2.05) is 28.8 Å². The average molecular weight is 452 g/mol. The Balaban J connectivity index is 1.96. The lowest BCUT2D eigenvalue weighted by atomic mass is 9.89. The Labute approximate surface area is 189 Å². The van der Waals surface area contributed by atoms with E-state index in [0.717, 1.165) is 0 Å². The Bertz CT molecular complexity index is 1210. The SMILES string of the molecule is CCOC(=O)[C@H]1C(=O)N(CCCOC)c2nc3ccccc3n2[C@H]1c1cccc([N+](=O)[O-])c1. The Hall–Kier alpha value is -3.79. The van der Waals surface area contributed by atoms with Gasteiger partial charge in [0.25, 0.3) is 5.69 Å². The summed E-state index contributed by atoms with van der Waals surface area (Å²) in [5, 5.41) is 11.4. The number of amides is 1. The van der Waals surface area contributed by atoms with Gasteiger partial charge < -0.3 is 14.0 Å². The molecule has 10 nitrogen and oxygen atoms in total. The third-order valence-electron chi connectivity index (χ3n) is 5.64. The van der Waals surface area contributed by atoms with Gasteiger partial charge in [0, 0.05) is 32.4 Å². The van der Waals surface area contributed by atoms with Crippen molar-refractivity contribution in [1.29, 1.82) is 0 Å². The Kier molecular flexibility index (Phi) is 6.36. The molecule has 2 atom stereocenters.